The Balaban J connectivity index is 1.75. The van der Waals surface area contributed by atoms with Crippen molar-refractivity contribution in [3.63, 3.8) is 0 Å². The van der Waals surface area contributed by atoms with E-state index in [0.29, 0.717) is 10.8 Å². The fraction of sp³-hybridized carbons (Fsp3) is 0.158. The van der Waals surface area contributed by atoms with Gasteiger partial charge in [-0.1, -0.05) is 6.07 Å². The molecule has 0 amide bonds. The number of aromatic nitrogens is 5. The van der Waals surface area contributed by atoms with Crippen LogP contribution in [0.2, 0.25) is 0 Å². The number of fused-ring (bicyclic) bond motifs is 1. The average molecular weight is 395 g/mol. The zero-order chi connectivity index (χ0) is 19.9. The van der Waals surface area contributed by atoms with Crippen LogP contribution in [0.25, 0.3) is 10.8 Å². The standard InChI is InChI=1S/C19H17N5O3S/c1-13-4-3-5-15(22-13)11-24-19(25)18-7-6-16(8-14(18)9-21-24)28(26,27)17-10-20-23(2)12-17/h3-10,12H,11H2,1-2H3. The number of benzene rings is 1. The van der Waals surface area contributed by atoms with Crippen LogP contribution in [0.1, 0.15) is 11.4 Å². The highest BCUT2D eigenvalue weighted by Crippen LogP contribution is 2.23. The van der Waals surface area contributed by atoms with Crippen molar-refractivity contribution in [1.29, 1.82) is 0 Å². The summed E-state index contributed by atoms with van der Waals surface area (Å²) >= 11 is 0. The molecule has 0 saturated carbocycles. The second-order valence-corrected chi connectivity index (χ2v) is 8.43. The lowest BCUT2D eigenvalue weighted by molar-refractivity contribution is 0.596. The quantitative estimate of drug-likeness (QED) is 0.522. The van der Waals surface area contributed by atoms with Crippen LogP contribution in [0.5, 0.6) is 0 Å². The van der Waals surface area contributed by atoms with Gasteiger partial charge in [-0.3, -0.25) is 14.5 Å². The van der Waals surface area contributed by atoms with Crippen molar-refractivity contribution in [2.75, 3.05) is 0 Å². The van der Waals surface area contributed by atoms with Crippen LogP contribution in [0.3, 0.4) is 0 Å². The molecular weight excluding hydrogens is 378 g/mol. The summed E-state index contributed by atoms with van der Waals surface area (Å²) in [4.78, 5) is 17.3. The average Bonchev–Trinajstić information content (AvgIpc) is 3.11. The number of rotatable bonds is 4. The molecule has 28 heavy (non-hydrogen) atoms. The summed E-state index contributed by atoms with van der Waals surface area (Å²) in [5.74, 6) is 0. The number of hydrogen-bond acceptors (Lipinski definition) is 6. The lowest BCUT2D eigenvalue weighted by Crippen LogP contribution is -2.23. The Labute approximate surface area is 161 Å². The Morgan fingerprint density at radius 1 is 1.04 bits per heavy atom. The van der Waals surface area contributed by atoms with E-state index >= 15 is 0 Å². The van der Waals surface area contributed by atoms with Crippen molar-refractivity contribution in [3.8, 4) is 0 Å². The topological polar surface area (TPSA) is 99.7 Å². The van der Waals surface area contributed by atoms with Crippen LogP contribution < -0.4 is 5.56 Å². The van der Waals surface area contributed by atoms with E-state index in [1.807, 2.05) is 25.1 Å². The fourth-order valence-electron chi connectivity index (χ4n) is 2.96. The van der Waals surface area contributed by atoms with Gasteiger partial charge < -0.3 is 0 Å². The lowest BCUT2D eigenvalue weighted by atomic mass is 10.2. The van der Waals surface area contributed by atoms with E-state index in [4.69, 9.17) is 0 Å². The molecule has 1 aromatic carbocycles. The van der Waals surface area contributed by atoms with Crippen LogP contribution in [-0.4, -0.2) is 33.0 Å². The van der Waals surface area contributed by atoms with Crippen LogP contribution >= 0.6 is 0 Å². The molecule has 8 nitrogen and oxygen atoms in total. The van der Waals surface area contributed by atoms with Crippen LogP contribution in [0, 0.1) is 6.92 Å². The first-order valence-electron chi connectivity index (χ1n) is 8.51. The predicted octanol–water partition coefficient (Wildman–Crippen LogP) is 1.71. The molecule has 9 heteroatoms. The van der Waals surface area contributed by atoms with E-state index in [2.05, 4.69) is 15.2 Å². The Kier molecular flexibility index (Phi) is 4.31. The molecule has 4 rings (SSSR count). The number of pyridine rings is 1. The molecule has 3 aromatic heterocycles. The molecule has 3 heterocycles. The zero-order valence-electron chi connectivity index (χ0n) is 15.3. The summed E-state index contributed by atoms with van der Waals surface area (Å²) in [6, 6.07) is 9.99. The van der Waals surface area contributed by atoms with Crippen molar-refractivity contribution in [2.45, 2.75) is 23.3 Å². The van der Waals surface area contributed by atoms with Gasteiger partial charge in [0.25, 0.3) is 5.56 Å². The monoisotopic (exact) mass is 395 g/mol. The minimum atomic E-state index is -3.72. The Morgan fingerprint density at radius 2 is 1.86 bits per heavy atom. The molecular formula is C19H17N5O3S. The van der Waals surface area contributed by atoms with Gasteiger partial charge in [0.15, 0.2) is 0 Å². The van der Waals surface area contributed by atoms with Crippen LogP contribution in [-0.2, 0) is 23.4 Å². The van der Waals surface area contributed by atoms with Gasteiger partial charge in [-0.2, -0.15) is 10.2 Å². The van der Waals surface area contributed by atoms with E-state index in [1.165, 1.54) is 46.2 Å². The minimum Gasteiger partial charge on any atom is -0.274 e. The first kappa shape index (κ1) is 18.1. The number of sulfone groups is 1. The van der Waals surface area contributed by atoms with E-state index in [-0.39, 0.29) is 21.9 Å². The third-order valence-electron chi connectivity index (χ3n) is 4.38. The molecule has 142 valence electrons. The molecule has 0 atom stereocenters. The molecule has 0 spiro atoms. The highest BCUT2D eigenvalue weighted by Gasteiger charge is 2.20. The fourth-order valence-corrected chi connectivity index (χ4v) is 4.24. The molecule has 0 radical (unpaired) electrons. The van der Waals surface area contributed by atoms with Gasteiger partial charge in [-0.05, 0) is 37.3 Å². The predicted molar refractivity (Wildman–Crippen MR) is 103 cm³/mol. The molecule has 0 aliphatic heterocycles. The number of nitrogens with zero attached hydrogens (tertiary/aromatic N) is 5. The normalized spacial score (nSPS) is 11.8. The SMILES string of the molecule is Cc1cccc(Cn2ncc3cc(S(=O)(=O)c4cnn(C)c4)ccc3c2=O)n1. The van der Waals surface area contributed by atoms with Crippen molar-refractivity contribution < 1.29 is 8.42 Å². The van der Waals surface area contributed by atoms with Crippen molar-refractivity contribution in [1.82, 2.24) is 24.5 Å². The van der Waals surface area contributed by atoms with Gasteiger partial charge in [0.1, 0.15) is 4.90 Å². The summed E-state index contributed by atoms with van der Waals surface area (Å²) in [5.41, 5.74) is 1.28. The maximum absolute atomic E-state index is 12.8. The second kappa shape index (κ2) is 6.68. The van der Waals surface area contributed by atoms with Crippen molar-refractivity contribution >= 4 is 20.6 Å². The zero-order valence-corrected chi connectivity index (χ0v) is 16.1. The third-order valence-corrected chi connectivity index (χ3v) is 6.09. The second-order valence-electron chi connectivity index (χ2n) is 6.48. The largest absolute Gasteiger partial charge is 0.274 e. The van der Waals surface area contributed by atoms with Crippen molar-refractivity contribution in [3.05, 3.63) is 76.7 Å². The maximum atomic E-state index is 12.8. The third kappa shape index (κ3) is 3.20. The number of aryl methyl sites for hydroxylation is 2. The van der Waals surface area contributed by atoms with Gasteiger partial charge in [0.05, 0.1) is 34.9 Å². The molecule has 0 fully saturated rings. The molecule has 0 bridgehead atoms. The number of hydrogen-bond donors (Lipinski definition) is 0. The molecule has 0 aliphatic rings. The summed E-state index contributed by atoms with van der Waals surface area (Å²) in [6.07, 6.45) is 4.23. The Bertz CT molecular complexity index is 1360. The summed E-state index contributed by atoms with van der Waals surface area (Å²) in [6.45, 7) is 2.12. The summed E-state index contributed by atoms with van der Waals surface area (Å²) in [7, 11) is -2.07. The molecule has 0 saturated heterocycles. The van der Waals surface area contributed by atoms with Crippen molar-refractivity contribution in [2.24, 2.45) is 7.05 Å². The smallest absolute Gasteiger partial charge is 0.274 e. The molecule has 0 unspecified atom stereocenters. The van der Waals surface area contributed by atoms with Crippen LogP contribution in [0.15, 0.2) is 69.6 Å². The first-order chi connectivity index (χ1) is 13.3. The summed E-state index contributed by atoms with van der Waals surface area (Å²) < 4.78 is 28.2. The Morgan fingerprint density at radius 3 is 2.57 bits per heavy atom. The van der Waals surface area contributed by atoms with Gasteiger partial charge in [-0.25, -0.2) is 13.1 Å². The van der Waals surface area contributed by atoms with E-state index in [0.717, 1.165) is 11.4 Å². The molecule has 0 N–H and O–H groups in total. The van der Waals surface area contributed by atoms with E-state index in [9.17, 15) is 13.2 Å². The van der Waals surface area contributed by atoms with Gasteiger partial charge >= 0.3 is 0 Å². The highest BCUT2D eigenvalue weighted by molar-refractivity contribution is 7.91. The first-order valence-corrected chi connectivity index (χ1v) is 9.99. The van der Waals surface area contributed by atoms with E-state index in [1.54, 1.807) is 7.05 Å². The summed E-state index contributed by atoms with van der Waals surface area (Å²) in [5, 5.41) is 8.95. The van der Waals surface area contributed by atoms with Gasteiger partial charge in [-0.15, -0.1) is 0 Å². The highest BCUT2D eigenvalue weighted by atomic mass is 32.2. The lowest BCUT2D eigenvalue weighted by Gasteiger charge is -2.08. The van der Waals surface area contributed by atoms with Gasteiger partial charge in [0.2, 0.25) is 9.84 Å². The molecule has 4 aromatic rings. The van der Waals surface area contributed by atoms with Crippen LogP contribution in [0.4, 0.5) is 0 Å². The van der Waals surface area contributed by atoms with E-state index < -0.39 is 9.84 Å². The molecule has 0 aliphatic carbocycles. The Hall–Kier alpha value is -3.33. The maximum Gasteiger partial charge on any atom is 0.274 e. The van der Waals surface area contributed by atoms with Gasteiger partial charge in [0, 0.05) is 24.3 Å². The minimum absolute atomic E-state index is 0.0901.